The van der Waals surface area contributed by atoms with Crippen molar-refractivity contribution in [2.75, 3.05) is 0 Å². The molecule has 1 aromatic carbocycles. The van der Waals surface area contributed by atoms with Crippen molar-refractivity contribution in [3.8, 4) is 6.07 Å². The fraction of sp³-hybridized carbons (Fsp3) is 0.385. The lowest BCUT2D eigenvalue weighted by atomic mass is 10.1. The lowest BCUT2D eigenvalue weighted by molar-refractivity contribution is 0.711. The summed E-state index contributed by atoms with van der Waals surface area (Å²) in [7, 11) is 0. The third kappa shape index (κ3) is 2.44. The Hall–Kier alpha value is -1.62. The van der Waals surface area contributed by atoms with Gasteiger partial charge in [-0.3, -0.25) is 4.99 Å². The second-order valence-corrected chi connectivity index (χ2v) is 4.09. The van der Waals surface area contributed by atoms with Gasteiger partial charge in [0, 0.05) is 12.1 Å². The summed E-state index contributed by atoms with van der Waals surface area (Å²) in [5.74, 6) is 0.188. The number of hydrogen-bond acceptors (Lipinski definition) is 2. The monoisotopic (exact) mass is 198 g/mol. The molecule has 0 aromatic heterocycles. The molecule has 2 heteroatoms. The second-order valence-electron chi connectivity index (χ2n) is 4.09. The molecule has 15 heavy (non-hydrogen) atoms. The van der Waals surface area contributed by atoms with Crippen LogP contribution < -0.4 is 0 Å². The highest BCUT2D eigenvalue weighted by atomic mass is 14.8. The van der Waals surface area contributed by atoms with Crippen molar-refractivity contribution >= 4 is 11.4 Å². The minimum atomic E-state index is 0.188. The molecule has 1 aromatic rings. The molecular formula is C13H14N2. The molecule has 2 nitrogen and oxygen atoms in total. The number of rotatable bonds is 1. The maximum absolute atomic E-state index is 8.79. The van der Waals surface area contributed by atoms with Crippen LogP contribution in [0.25, 0.3) is 0 Å². The highest BCUT2D eigenvalue weighted by Gasteiger charge is 2.19. The molecule has 1 aliphatic carbocycles. The van der Waals surface area contributed by atoms with Crippen LogP contribution in [-0.4, -0.2) is 5.71 Å². The van der Waals surface area contributed by atoms with Crippen LogP contribution in [0, 0.1) is 24.2 Å². The van der Waals surface area contributed by atoms with Crippen LogP contribution >= 0.6 is 0 Å². The Morgan fingerprint density at radius 2 is 2.33 bits per heavy atom. The first-order chi connectivity index (χ1) is 7.28. The predicted octanol–water partition coefficient (Wildman–Crippen LogP) is 3.39. The zero-order chi connectivity index (χ0) is 10.7. The smallest absolute Gasteiger partial charge is 0.0659 e. The highest BCUT2D eigenvalue weighted by molar-refractivity contribution is 5.89. The minimum absolute atomic E-state index is 0.188. The van der Waals surface area contributed by atoms with Gasteiger partial charge in [-0.05, 0) is 37.5 Å². The Kier molecular flexibility index (Phi) is 2.82. The van der Waals surface area contributed by atoms with Gasteiger partial charge < -0.3 is 0 Å². The molecule has 0 bridgehead atoms. The molecule has 1 unspecified atom stereocenters. The Balaban J connectivity index is 2.15. The summed E-state index contributed by atoms with van der Waals surface area (Å²) >= 11 is 0. The molecule has 0 spiro atoms. The van der Waals surface area contributed by atoms with Crippen LogP contribution in [0.4, 0.5) is 5.69 Å². The fourth-order valence-corrected chi connectivity index (χ4v) is 1.92. The van der Waals surface area contributed by atoms with Crippen LogP contribution in [0.5, 0.6) is 0 Å². The van der Waals surface area contributed by atoms with E-state index >= 15 is 0 Å². The van der Waals surface area contributed by atoms with E-state index in [-0.39, 0.29) is 5.92 Å². The van der Waals surface area contributed by atoms with E-state index in [2.05, 4.69) is 30.1 Å². The molecule has 1 saturated carbocycles. The average Bonchev–Trinajstić information content (AvgIpc) is 2.65. The van der Waals surface area contributed by atoms with Gasteiger partial charge in [-0.2, -0.15) is 5.26 Å². The van der Waals surface area contributed by atoms with Gasteiger partial charge in [-0.25, -0.2) is 0 Å². The molecule has 1 atom stereocenters. The number of benzene rings is 1. The minimum Gasteiger partial charge on any atom is -0.258 e. The van der Waals surface area contributed by atoms with Gasteiger partial charge in [0.2, 0.25) is 0 Å². The number of aliphatic imine (C=N–C) groups is 1. The maximum Gasteiger partial charge on any atom is 0.0659 e. The first kappa shape index (κ1) is 9.92. The number of hydrogen-bond donors (Lipinski definition) is 0. The number of aryl methyl sites for hydroxylation is 1. The van der Waals surface area contributed by atoms with Crippen molar-refractivity contribution in [3.63, 3.8) is 0 Å². The summed E-state index contributed by atoms with van der Waals surface area (Å²) in [6, 6.07) is 10.5. The SMILES string of the molecule is Cc1cccc(/N=C2\CCC(C#N)C2)c1. The van der Waals surface area contributed by atoms with Crippen LogP contribution in [0.15, 0.2) is 29.3 Å². The van der Waals surface area contributed by atoms with Crippen molar-refractivity contribution in [2.45, 2.75) is 26.2 Å². The molecule has 0 aliphatic heterocycles. The lowest BCUT2D eigenvalue weighted by Crippen LogP contribution is -1.91. The van der Waals surface area contributed by atoms with Crippen molar-refractivity contribution in [1.29, 1.82) is 5.26 Å². The summed E-state index contributed by atoms with van der Waals surface area (Å²) in [6.07, 6.45) is 2.80. The Labute approximate surface area is 90.3 Å². The van der Waals surface area contributed by atoms with Gasteiger partial charge in [-0.15, -0.1) is 0 Å². The summed E-state index contributed by atoms with van der Waals surface area (Å²) < 4.78 is 0. The molecule has 76 valence electrons. The molecule has 0 radical (unpaired) electrons. The summed E-state index contributed by atoms with van der Waals surface area (Å²) in [5.41, 5.74) is 3.42. The molecule has 2 rings (SSSR count). The van der Waals surface area contributed by atoms with Crippen LogP contribution in [0.2, 0.25) is 0 Å². The van der Waals surface area contributed by atoms with E-state index in [1.807, 2.05) is 12.1 Å². The summed E-state index contributed by atoms with van der Waals surface area (Å²) in [4.78, 5) is 4.58. The largest absolute Gasteiger partial charge is 0.258 e. The quantitative estimate of drug-likeness (QED) is 0.681. The second kappa shape index (κ2) is 4.27. The lowest BCUT2D eigenvalue weighted by Gasteiger charge is -1.98. The summed E-state index contributed by atoms with van der Waals surface area (Å²) in [6.45, 7) is 2.07. The number of nitrogens with zero attached hydrogens (tertiary/aromatic N) is 2. The summed E-state index contributed by atoms with van der Waals surface area (Å²) in [5, 5.41) is 8.79. The Morgan fingerprint density at radius 3 is 3.00 bits per heavy atom. The predicted molar refractivity (Wildman–Crippen MR) is 61.2 cm³/mol. The molecule has 0 heterocycles. The van der Waals surface area contributed by atoms with Gasteiger partial charge in [0.05, 0.1) is 17.7 Å². The number of nitriles is 1. The van der Waals surface area contributed by atoms with Gasteiger partial charge in [0.15, 0.2) is 0 Å². The third-order valence-electron chi connectivity index (χ3n) is 2.73. The molecule has 0 N–H and O–H groups in total. The first-order valence-electron chi connectivity index (χ1n) is 5.30. The van der Waals surface area contributed by atoms with E-state index in [4.69, 9.17) is 5.26 Å². The molecule has 0 amide bonds. The van der Waals surface area contributed by atoms with Crippen molar-refractivity contribution in [2.24, 2.45) is 10.9 Å². The van der Waals surface area contributed by atoms with Gasteiger partial charge in [0.25, 0.3) is 0 Å². The zero-order valence-electron chi connectivity index (χ0n) is 8.90. The molecule has 1 fully saturated rings. The topological polar surface area (TPSA) is 36.1 Å². The van der Waals surface area contributed by atoms with E-state index in [0.29, 0.717) is 0 Å². The van der Waals surface area contributed by atoms with Crippen LogP contribution in [0.3, 0.4) is 0 Å². The first-order valence-corrected chi connectivity index (χ1v) is 5.30. The van der Waals surface area contributed by atoms with E-state index in [0.717, 1.165) is 24.9 Å². The zero-order valence-corrected chi connectivity index (χ0v) is 8.90. The van der Waals surface area contributed by atoms with E-state index in [1.54, 1.807) is 0 Å². The standard InChI is InChI=1S/C13H14N2/c1-10-3-2-4-12(7-10)15-13-6-5-11(8-13)9-14/h2-4,7,11H,5-6,8H2,1H3/b15-13+. The van der Waals surface area contributed by atoms with Gasteiger partial charge in [-0.1, -0.05) is 12.1 Å². The maximum atomic E-state index is 8.79. The van der Waals surface area contributed by atoms with E-state index in [1.165, 1.54) is 11.3 Å². The van der Waals surface area contributed by atoms with E-state index < -0.39 is 0 Å². The van der Waals surface area contributed by atoms with Crippen LogP contribution in [0.1, 0.15) is 24.8 Å². The average molecular weight is 198 g/mol. The van der Waals surface area contributed by atoms with Gasteiger partial charge >= 0.3 is 0 Å². The van der Waals surface area contributed by atoms with Crippen LogP contribution in [-0.2, 0) is 0 Å². The third-order valence-corrected chi connectivity index (χ3v) is 2.73. The molecule has 1 aliphatic rings. The van der Waals surface area contributed by atoms with Gasteiger partial charge in [0.1, 0.15) is 0 Å². The van der Waals surface area contributed by atoms with Crippen molar-refractivity contribution in [3.05, 3.63) is 29.8 Å². The van der Waals surface area contributed by atoms with Crippen molar-refractivity contribution in [1.82, 2.24) is 0 Å². The molecular weight excluding hydrogens is 184 g/mol. The van der Waals surface area contributed by atoms with Crippen molar-refractivity contribution < 1.29 is 0 Å². The highest BCUT2D eigenvalue weighted by Crippen LogP contribution is 2.25. The Morgan fingerprint density at radius 1 is 1.47 bits per heavy atom. The normalized spacial score (nSPS) is 22.9. The molecule has 0 saturated heterocycles. The Bertz CT molecular complexity index is 426. The van der Waals surface area contributed by atoms with E-state index in [9.17, 15) is 0 Å². The fourth-order valence-electron chi connectivity index (χ4n) is 1.92.